The lowest BCUT2D eigenvalue weighted by Crippen LogP contribution is -2.03. The Hall–Kier alpha value is -0.290. The lowest BCUT2D eigenvalue weighted by molar-refractivity contribution is 0.0686. The molecule has 0 aromatic carbocycles. The molecule has 1 heterocycles. The number of rotatable bonds is 1. The van der Waals surface area contributed by atoms with E-state index in [1.807, 2.05) is 0 Å². The zero-order valence-corrected chi connectivity index (χ0v) is 8.81. The number of carbonyl (C=O) groups is 1. The minimum atomic E-state index is -0.932. The molecule has 0 aliphatic rings. The van der Waals surface area contributed by atoms with Crippen molar-refractivity contribution in [3.63, 3.8) is 0 Å². The maximum absolute atomic E-state index is 10.5. The van der Waals surface area contributed by atoms with Crippen LogP contribution in [0.15, 0.2) is 15.1 Å². The molecule has 0 amide bonds. The minimum Gasteiger partial charge on any atom is -0.477 e. The van der Waals surface area contributed by atoms with Crippen LogP contribution in [0, 0.1) is 0 Å². The Bertz CT molecular complexity index is 306. The molecule has 1 rings (SSSR count). The van der Waals surface area contributed by atoms with Crippen molar-refractivity contribution in [1.29, 1.82) is 0 Å². The van der Waals surface area contributed by atoms with Crippen LogP contribution >= 0.6 is 31.9 Å². The Kier molecular flexibility index (Phi) is 2.39. The van der Waals surface area contributed by atoms with E-state index < -0.39 is 5.97 Å². The van der Waals surface area contributed by atoms with Gasteiger partial charge in [-0.25, -0.2) is 4.79 Å². The smallest absolute Gasteiger partial charge is 0.352 e. The van der Waals surface area contributed by atoms with Gasteiger partial charge in [0.1, 0.15) is 5.69 Å². The molecule has 0 aliphatic heterocycles. The van der Waals surface area contributed by atoms with Gasteiger partial charge in [-0.1, -0.05) is 0 Å². The summed E-state index contributed by atoms with van der Waals surface area (Å²) >= 11 is 6.43. The zero-order valence-electron chi connectivity index (χ0n) is 5.64. The van der Waals surface area contributed by atoms with Crippen LogP contribution in [-0.2, 0) is 7.05 Å². The van der Waals surface area contributed by atoms with Crippen LogP contribution in [0.2, 0.25) is 0 Å². The lowest BCUT2D eigenvalue weighted by Gasteiger charge is -1.96. The molecule has 0 aliphatic carbocycles. The number of aromatic nitrogens is 1. The first kappa shape index (κ1) is 8.80. The third-order valence-electron chi connectivity index (χ3n) is 1.34. The fourth-order valence-corrected chi connectivity index (χ4v) is 1.54. The highest BCUT2D eigenvalue weighted by Gasteiger charge is 2.12. The van der Waals surface area contributed by atoms with Gasteiger partial charge in [-0.2, -0.15) is 0 Å². The van der Waals surface area contributed by atoms with E-state index in [2.05, 4.69) is 31.9 Å². The lowest BCUT2D eigenvalue weighted by atomic mass is 10.4. The van der Waals surface area contributed by atoms with Gasteiger partial charge < -0.3 is 9.67 Å². The van der Waals surface area contributed by atoms with Crippen LogP contribution in [0.1, 0.15) is 10.5 Å². The van der Waals surface area contributed by atoms with Gasteiger partial charge in [0.15, 0.2) is 0 Å². The summed E-state index contributed by atoms with van der Waals surface area (Å²) in [6, 6.07) is 1.55. The van der Waals surface area contributed by atoms with E-state index in [9.17, 15) is 4.79 Å². The van der Waals surface area contributed by atoms with E-state index in [1.54, 1.807) is 17.7 Å². The van der Waals surface area contributed by atoms with Crippen molar-refractivity contribution in [2.45, 2.75) is 0 Å². The Morgan fingerprint density at radius 1 is 1.64 bits per heavy atom. The van der Waals surface area contributed by atoms with E-state index in [4.69, 9.17) is 5.11 Å². The Balaban J connectivity index is 3.29. The van der Waals surface area contributed by atoms with Crippen molar-refractivity contribution < 1.29 is 9.90 Å². The summed E-state index contributed by atoms with van der Waals surface area (Å²) in [4.78, 5) is 10.5. The number of halogens is 2. The molecular formula is C6H5Br2NO2. The molecule has 0 saturated carbocycles. The summed E-state index contributed by atoms with van der Waals surface area (Å²) < 4.78 is 3.03. The van der Waals surface area contributed by atoms with Crippen LogP contribution in [0.4, 0.5) is 0 Å². The minimum absolute atomic E-state index is 0.253. The topological polar surface area (TPSA) is 42.2 Å². The Morgan fingerprint density at radius 2 is 2.18 bits per heavy atom. The second-order valence-electron chi connectivity index (χ2n) is 2.03. The standard InChI is InChI=1S/C6H5Br2NO2/c1-9-4(6(10)11)2-3(7)5(9)8/h2H,1H3,(H,10,11). The fourth-order valence-electron chi connectivity index (χ4n) is 0.748. The summed E-state index contributed by atoms with van der Waals surface area (Å²) in [7, 11) is 1.68. The number of carboxylic acid groups (broad SMARTS) is 1. The van der Waals surface area contributed by atoms with Crippen LogP contribution in [-0.4, -0.2) is 15.6 Å². The van der Waals surface area contributed by atoms with Gasteiger partial charge in [0.2, 0.25) is 0 Å². The molecule has 5 heteroatoms. The molecular weight excluding hydrogens is 278 g/mol. The van der Waals surface area contributed by atoms with Crippen molar-refractivity contribution in [1.82, 2.24) is 4.57 Å². The molecule has 0 spiro atoms. The molecule has 11 heavy (non-hydrogen) atoms. The summed E-state index contributed by atoms with van der Waals surface area (Å²) in [6.07, 6.45) is 0. The van der Waals surface area contributed by atoms with Crippen LogP contribution in [0.25, 0.3) is 0 Å². The van der Waals surface area contributed by atoms with Crippen molar-refractivity contribution in [2.24, 2.45) is 7.05 Å². The zero-order chi connectivity index (χ0) is 8.59. The Labute approximate surface area is 80.3 Å². The van der Waals surface area contributed by atoms with E-state index in [-0.39, 0.29) is 5.69 Å². The maximum atomic E-state index is 10.5. The van der Waals surface area contributed by atoms with Gasteiger partial charge >= 0.3 is 5.97 Å². The van der Waals surface area contributed by atoms with E-state index >= 15 is 0 Å². The third kappa shape index (κ3) is 1.49. The Morgan fingerprint density at radius 3 is 2.36 bits per heavy atom. The summed E-state index contributed by atoms with van der Waals surface area (Å²) in [5.41, 5.74) is 0.253. The van der Waals surface area contributed by atoms with Crippen molar-refractivity contribution >= 4 is 37.8 Å². The van der Waals surface area contributed by atoms with Gasteiger partial charge in [0.05, 0.1) is 9.08 Å². The quantitative estimate of drug-likeness (QED) is 0.858. The van der Waals surface area contributed by atoms with Crippen LogP contribution < -0.4 is 0 Å². The normalized spacial score (nSPS) is 10.1. The largest absolute Gasteiger partial charge is 0.477 e. The number of aromatic carboxylic acids is 1. The third-order valence-corrected chi connectivity index (χ3v) is 3.43. The monoisotopic (exact) mass is 281 g/mol. The summed E-state index contributed by atoms with van der Waals surface area (Å²) in [5.74, 6) is -0.932. The van der Waals surface area contributed by atoms with E-state index in [0.29, 0.717) is 0 Å². The summed E-state index contributed by atoms with van der Waals surface area (Å²) in [5, 5.41) is 8.64. The molecule has 1 aromatic rings. The molecule has 1 aromatic heterocycles. The van der Waals surface area contributed by atoms with Gasteiger partial charge in [0, 0.05) is 7.05 Å². The molecule has 0 unspecified atom stereocenters. The average Bonchev–Trinajstić information content (AvgIpc) is 2.17. The highest BCUT2D eigenvalue weighted by Crippen LogP contribution is 2.25. The van der Waals surface area contributed by atoms with E-state index in [0.717, 1.165) is 9.08 Å². The SMILES string of the molecule is Cn1c(C(=O)O)cc(Br)c1Br. The molecule has 0 saturated heterocycles. The first-order valence-corrected chi connectivity index (χ1v) is 4.36. The maximum Gasteiger partial charge on any atom is 0.352 e. The predicted molar refractivity (Wildman–Crippen MR) is 47.8 cm³/mol. The average molecular weight is 283 g/mol. The highest BCUT2D eigenvalue weighted by atomic mass is 79.9. The van der Waals surface area contributed by atoms with Crippen LogP contribution in [0.3, 0.4) is 0 Å². The molecule has 0 radical (unpaired) electrons. The second kappa shape index (κ2) is 2.98. The first-order chi connectivity index (χ1) is 5.04. The number of hydrogen-bond donors (Lipinski definition) is 1. The van der Waals surface area contributed by atoms with Gasteiger partial charge in [-0.05, 0) is 37.9 Å². The van der Waals surface area contributed by atoms with Gasteiger partial charge in [-0.15, -0.1) is 0 Å². The predicted octanol–water partition coefficient (Wildman–Crippen LogP) is 2.25. The molecule has 1 N–H and O–H groups in total. The molecule has 60 valence electrons. The van der Waals surface area contributed by atoms with Crippen molar-refractivity contribution in [3.05, 3.63) is 20.8 Å². The van der Waals surface area contributed by atoms with Crippen molar-refractivity contribution in [3.8, 4) is 0 Å². The second-order valence-corrected chi connectivity index (χ2v) is 3.64. The molecule has 3 nitrogen and oxygen atoms in total. The molecule has 0 fully saturated rings. The number of carboxylic acids is 1. The number of hydrogen-bond acceptors (Lipinski definition) is 1. The summed E-state index contributed by atoms with van der Waals surface area (Å²) in [6.45, 7) is 0. The van der Waals surface area contributed by atoms with Gasteiger partial charge in [0.25, 0.3) is 0 Å². The molecule has 0 atom stereocenters. The highest BCUT2D eigenvalue weighted by molar-refractivity contribution is 9.13. The van der Waals surface area contributed by atoms with E-state index in [1.165, 1.54) is 0 Å². The fraction of sp³-hybridized carbons (Fsp3) is 0.167. The molecule has 0 bridgehead atoms. The van der Waals surface area contributed by atoms with Gasteiger partial charge in [-0.3, -0.25) is 0 Å². The van der Waals surface area contributed by atoms with Crippen LogP contribution in [0.5, 0.6) is 0 Å². The first-order valence-electron chi connectivity index (χ1n) is 2.78. The van der Waals surface area contributed by atoms with Crippen molar-refractivity contribution in [2.75, 3.05) is 0 Å². The number of nitrogens with zero attached hydrogens (tertiary/aromatic N) is 1.